The van der Waals surface area contributed by atoms with Crippen LogP contribution in [0.25, 0.3) is 17.0 Å². The Kier molecular flexibility index (Phi) is 3.25. The molecule has 0 saturated carbocycles. The number of anilines is 1. The summed E-state index contributed by atoms with van der Waals surface area (Å²) in [6.45, 7) is 0.439. The van der Waals surface area contributed by atoms with Gasteiger partial charge in [-0.05, 0) is 35.4 Å². The molecule has 0 aliphatic carbocycles. The van der Waals surface area contributed by atoms with E-state index in [0.717, 1.165) is 44.8 Å². The number of methoxy groups -OCH3 is 1. The van der Waals surface area contributed by atoms with Crippen molar-refractivity contribution in [2.24, 2.45) is 0 Å². The van der Waals surface area contributed by atoms with Crippen LogP contribution in [0, 0.1) is 0 Å². The van der Waals surface area contributed by atoms with E-state index < -0.39 is 0 Å². The lowest BCUT2D eigenvalue weighted by atomic mass is 9.82. The third-order valence-electron chi connectivity index (χ3n) is 5.05. The van der Waals surface area contributed by atoms with Gasteiger partial charge in [0, 0.05) is 29.0 Å². The summed E-state index contributed by atoms with van der Waals surface area (Å²) < 4.78 is 11.4. The summed E-state index contributed by atoms with van der Waals surface area (Å²) in [5, 5.41) is 11.0. The van der Waals surface area contributed by atoms with Gasteiger partial charge in [0.2, 0.25) is 5.91 Å². The second-order valence-electron chi connectivity index (χ2n) is 6.59. The molecule has 2 N–H and O–H groups in total. The van der Waals surface area contributed by atoms with Gasteiger partial charge in [0.1, 0.15) is 6.61 Å². The van der Waals surface area contributed by atoms with Crippen molar-refractivity contribution in [1.82, 2.24) is 10.2 Å². The number of aromatic amines is 1. The van der Waals surface area contributed by atoms with Gasteiger partial charge in [0.15, 0.2) is 11.5 Å². The van der Waals surface area contributed by atoms with Crippen LogP contribution in [0.5, 0.6) is 11.5 Å². The molecule has 0 unspecified atom stereocenters. The van der Waals surface area contributed by atoms with Gasteiger partial charge in [-0.1, -0.05) is 12.1 Å². The topological polar surface area (TPSA) is 76.2 Å². The summed E-state index contributed by atoms with van der Waals surface area (Å²) in [6, 6.07) is 9.87. The van der Waals surface area contributed by atoms with E-state index in [1.54, 1.807) is 13.3 Å². The van der Waals surface area contributed by atoms with E-state index in [1.807, 2.05) is 24.3 Å². The second kappa shape index (κ2) is 5.62. The van der Waals surface area contributed by atoms with Crippen LogP contribution in [-0.2, 0) is 4.79 Å². The second-order valence-corrected chi connectivity index (χ2v) is 6.59. The molecule has 6 heteroatoms. The Bertz CT molecular complexity index is 1070. The number of fused-ring (bicyclic) bond motifs is 3. The number of rotatable bonds is 2. The highest BCUT2D eigenvalue weighted by molar-refractivity contribution is 5.98. The lowest BCUT2D eigenvalue weighted by molar-refractivity contribution is -0.116. The molecule has 130 valence electrons. The molecule has 2 aliphatic rings. The van der Waals surface area contributed by atoms with Gasteiger partial charge in [0.25, 0.3) is 0 Å². The minimum absolute atomic E-state index is 0.0127. The summed E-state index contributed by atoms with van der Waals surface area (Å²) in [7, 11) is 1.64. The van der Waals surface area contributed by atoms with Crippen LogP contribution >= 0.6 is 0 Å². The van der Waals surface area contributed by atoms with Crippen LogP contribution in [-0.4, -0.2) is 29.8 Å². The Morgan fingerprint density at radius 1 is 1.31 bits per heavy atom. The molecule has 2 aromatic carbocycles. The lowest BCUT2D eigenvalue weighted by Gasteiger charge is -2.30. The fourth-order valence-corrected chi connectivity index (χ4v) is 3.79. The molecule has 3 aromatic rings. The maximum Gasteiger partial charge on any atom is 0.225 e. The van der Waals surface area contributed by atoms with Gasteiger partial charge in [0.05, 0.1) is 18.8 Å². The molecule has 6 nitrogen and oxygen atoms in total. The molecule has 5 rings (SSSR count). The van der Waals surface area contributed by atoms with Crippen LogP contribution in [0.4, 0.5) is 5.69 Å². The molecule has 1 atom stereocenters. The maximum absolute atomic E-state index is 12.3. The zero-order chi connectivity index (χ0) is 17.7. The maximum atomic E-state index is 12.3. The molecule has 0 bridgehead atoms. The Balaban J connectivity index is 1.62. The molecular formula is C20H17N3O3. The van der Waals surface area contributed by atoms with E-state index in [2.05, 4.69) is 27.7 Å². The van der Waals surface area contributed by atoms with Crippen molar-refractivity contribution in [1.29, 1.82) is 0 Å². The van der Waals surface area contributed by atoms with Crippen molar-refractivity contribution in [2.45, 2.75) is 12.3 Å². The van der Waals surface area contributed by atoms with E-state index in [4.69, 9.17) is 9.47 Å². The fourth-order valence-electron chi connectivity index (χ4n) is 3.79. The molecule has 1 amide bonds. The Labute approximate surface area is 149 Å². The van der Waals surface area contributed by atoms with Crippen molar-refractivity contribution in [2.75, 3.05) is 19.0 Å². The SMILES string of the molecule is COc1cccc2c1OCC([C@H]1CC(=O)Nc3cc4[nH]ncc4cc31)=C2. The predicted molar refractivity (Wildman–Crippen MR) is 98.5 cm³/mol. The monoisotopic (exact) mass is 347 g/mol. The Morgan fingerprint density at radius 3 is 3.12 bits per heavy atom. The van der Waals surface area contributed by atoms with Crippen molar-refractivity contribution < 1.29 is 14.3 Å². The van der Waals surface area contributed by atoms with Crippen molar-refractivity contribution in [3.8, 4) is 11.5 Å². The number of H-pyrrole nitrogens is 1. The number of nitrogens with one attached hydrogen (secondary N) is 2. The zero-order valence-electron chi connectivity index (χ0n) is 14.2. The molecule has 0 saturated heterocycles. The van der Waals surface area contributed by atoms with Gasteiger partial charge in [-0.15, -0.1) is 0 Å². The third-order valence-corrected chi connectivity index (χ3v) is 5.05. The Morgan fingerprint density at radius 2 is 2.23 bits per heavy atom. The van der Waals surface area contributed by atoms with Crippen molar-refractivity contribution in [3.63, 3.8) is 0 Å². The molecule has 1 aromatic heterocycles. The van der Waals surface area contributed by atoms with E-state index >= 15 is 0 Å². The molecule has 0 fully saturated rings. The van der Waals surface area contributed by atoms with Crippen molar-refractivity contribution in [3.05, 3.63) is 53.2 Å². The molecule has 3 heterocycles. The first-order valence-electron chi connectivity index (χ1n) is 8.50. The standard InChI is InChI=1S/C20H17N3O3/c1-25-18-4-2-3-11-5-13(10-26-20(11)18)14-7-19(24)22-17-8-16-12(6-15(14)17)9-21-23-16/h2-6,8-9,14H,7,10H2,1H3,(H,21,23)(H,22,24)/t14-/m1/s1. The summed E-state index contributed by atoms with van der Waals surface area (Å²) in [5.74, 6) is 1.47. The number of ether oxygens (including phenoxy) is 2. The lowest BCUT2D eigenvalue weighted by Crippen LogP contribution is -2.26. The highest BCUT2D eigenvalue weighted by atomic mass is 16.5. The average molecular weight is 347 g/mol. The molecular weight excluding hydrogens is 330 g/mol. The van der Waals surface area contributed by atoms with Gasteiger partial charge < -0.3 is 14.8 Å². The van der Waals surface area contributed by atoms with Crippen LogP contribution in [0.3, 0.4) is 0 Å². The molecule has 0 radical (unpaired) electrons. The summed E-state index contributed by atoms with van der Waals surface area (Å²) >= 11 is 0. The minimum atomic E-state index is -0.0163. The minimum Gasteiger partial charge on any atom is -0.493 e. The van der Waals surface area contributed by atoms with Crippen LogP contribution in [0.1, 0.15) is 23.5 Å². The van der Waals surface area contributed by atoms with Crippen LogP contribution < -0.4 is 14.8 Å². The summed E-state index contributed by atoms with van der Waals surface area (Å²) in [4.78, 5) is 12.3. The van der Waals surface area contributed by atoms with Gasteiger partial charge >= 0.3 is 0 Å². The molecule has 0 spiro atoms. The van der Waals surface area contributed by atoms with E-state index in [-0.39, 0.29) is 11.8 Å². The Hall–Kier alpha value is -3.28. The normalized spacial score (nSPS) is 18.4. The number of aromatic nitrogens is 2. The van der Waals surface area contributed by atoms with Crippen LogP contribution in [0.15, 0.2) is 42.1 Å². The van der Waals surface area contributed by atoms with Gasteiger partial charge in [-0.3, -0.25) is 9.89 Å². The quantitative estimate of drug-likeness (QED) is 0.744. The number of benzene rings is 2. The van der Waals surface area contributed by atoms with E-state index in [1.165, 1.54) is 0 Å². The largest absolute Gasteiger partial charge is 0.493 e. The highest BCUT2D eigenvalue weighted by Gasteiger charge is 2.31. The number of carbonyl (C=O) groups is 1. The first kappa shape index (κ1) is 15.0. The fraction of sp³-hybridized carbons (Fsp3) is 0.200. The number of amides is 1. The molecule has 2 aliphatic heterocycles. The number of nitrogens with zero attached hydrogens (tertiary/aromatic N) is 1. The van der Waals surface area contributed by atoms with Crippen molar-refractivity contribution >= 4 is 28.6 Å². The first-order chi connectivity index (χ1) is 12.7. The van der Waals surface area contributed by atoms with Crippen LogP contribution in [0.2, 0.25) is 0 Å². The summed E-state index contributed by atoms with van der Waals surface area (Å²) in [5.41, 5.74) is 4.90. The number of hydrogen-bond acceptors (Lipinski definition) is 4. The summed E-state index contributed by atoms with van der Waals surface area (Å²) in [6.07, 6.45) is 4.33. The highest BCUT2D eigenvalue weighted by Crippen LogP contribution is 2.43. The molecule has 26 heavy (non-hydrogen) atoms. The third kappa shape index (κ3) is 2.26. The first-order valence-corrected chi connectivity index (χ1v) is 8.50. The van der Waals surface area contributed by atoms with E-state index in [0.29, 0.717) is 13.0 Å². The number of hydrogen-bond donors (Lipinski definition) is 2. The smallest absolute Gasteiger partial charge is 0.225 e. The number of carbonyl (C=O) groups excluding carboxylic acids is 1. The number of para-hydroxylation sites is 1. The predicted octanol–water partition coefficient (Wildman–Crippen LogP) is 3.47. The zero-order valence-corrected chi connectivity index (χ0v) is 14.2. The average Bonchev–Trinajstić information content (AvgIpc) is 3.12. The van der Waals surface area contributed by atoms with Gasteiger partial charge in [-0.25, -0.2) is 0 Å². The van der Waals surface area contributed by atoms with E-state index in [9.17, 15) is 4.79 Å². The van der Waals surface area contributed by atoms with Gasteiger partial charge in [-0.2, -0.15) is 5.10 Å².